The van der Waals surface area contributed by atoms with E-state index in [0.29, 0.717) is 0 Å². The molecule has 0 aromatic heterocycles. The Balaban J connectivity index is 2.89. The summed E-state index contributed by atoms with van der Waals surface area (Å²) in [6.07, 6.45) is -0.0964. The maximum Gasteiger partial charge on any atom is 0.118 e. The Morgan fingerprint density at radius 2 is 1.65 bits per heavy atom. The predicted octanol–water partition coefficient (Wildman–Crippen LogP) is 2.90. The van der Waals surface area contributed by atoms with Crippen LogP contribution >= 0.6 is 0 Å². The van der Waals surface area contributed by atoms with Gasteiger partial charge in [0.25, 0.3) is 0 Å². The Morgan fingerprint density at radius 3 is 2.00 bits per heavy atom. The van der Waals surface area contributed by atoms with Gasteiger partial charge in [0.2, 0.25) is 0 Å². The minimum Gasteiger partial charge on any atom is -0.497 e. The minimum absolute atomic E-state index is 0.0531. The lowest BCUT2D eigenvalue weighted by molar-refractivity contribution is -0.0701. The fraction of sp³-hybridized carbons (Fsp3) is 0.571. The average Bonchev–Trinajstić information content (AvgIpc) is 2.25. The van der Waals surface area contributed by atoms with Crippen LogP contribution in [0.15, 0.2) is 24.3 Å². The number of methoxy groups -OCH3 is 1. The molecule has 0 aliphatic heterocycles. The molecule has 3 heteroatoms. The summed E-state index contributed by atoms with van der Waals surface area (Å²) >= 11 is 0. The van der Waals surface area contributed by atoms with Gasteiger partial charge >= 0.3 is 0 Å². The third kappa shape index (κ3) is 4.36. The van der Waals surface area contributed by atoms with Crippen molar-refractivity contribution in [2.75, 3.05) is 7.11 Å². The summed E-state index contributed by atoms with van der Waals surface area (Å²) in [5.41, 5.74) is 6.86. The fourth-order valence-corrected chi connectivity index (χ4v) is 1.65. The molecule has 0 bridgehead atoms. The molecule has 96 valence electrons. The zero-order valence-corrected chi connectivity index (χ0v) is 11.4. The van der Waals surface area contributed by atoms with Gasteiger partial charge in [0.15, 0.2) is 0 Å². The molecule has 3 nitrogen and oxygen atoms in total. The van der Waals surface area contributed by atoms with Crippen molar-refractivity contribution in [2.45, 2.75) is 45.4 Å². The molecule has 2 unspecified atom stereocenters. The molecule has 0 aliphatic rings. The third-order valence-corrected chi connectivity index (χ3v) is 2.40. The van der Waals surface area contributed by atoms with E-state index in [4.69, 9.17) is 15.2 Å². The lowest BCUT2D eigenvalue weighted by Crippen LogP contribution is -2.33. The molecule has 0 spiro atoms. The van der Waals surface area contributed by atoms with Crippen molar-refractivity contribution in [3.8, 4) is 5.75 Å². The molecule has 0 saturated heterocycles. The summed E-state index contributed by atoms with van der Waals surface area (Å²) in [4.78, 5) is 0. The number of ether oxygens (including phenoxy) is 2. The van der Waals surface area contributed by atoms with Crippen molar-refractivity contribution < 1.29 is 9.47 Å². The van der Waals surface area contributed by atoms with Crippen LogP contribution in [0.4, 0.5) is 0 Å². The Labute approximate surface area is 104 Å². The van der Waals surface area contributed by atoms with Crippen molar-refractivity contribution in [3.63, 3.8) is 0 Å². The quantitative estimate of drug-likeness (QED) is 0.875. The normalized spacial score (nSPS) is 15.4. The molecule has 2 atom stereocenters. The van der Waals surface area contributed by atoms with E-state index in [2.05, 4.69) is 0 Å². The summed E-state index contributed by atoms with van der Waals surface area (Å²) in [6.45, 7) is 8.06. The highest BCUT2D eigenvalue weighted by atomic mass is 16.5. The van der Waals surface area contributed by atoms with E-state index >= 15 is 0 Å². The highest BCUT2D eigenvalue weighted by molar-refractivity contribution is 5.29. The van der Waals surface area contributed by atoms with Crippen LogP contribution in [0.2, 0.25) is 0 Å². The number of benzene rings is 1. The maximum absolute atomic E-state index is 5.99. The first-order valence-electron chi connectivity index (χ1n) is 5.91. The smallest absolute Gasteiger partial charge is 0.118 e. The highest BCUT2D eigenvalue weighted by Crippen LogP contribution is 2.27. The van der Waals surface area contributed by atoms with Gasteiger partial charge in [-0.05, 0) is 45.4 Å². The van der Waals surface area contributed by atoms with Gasteiger partial charge in [0.1, 0.15) is 5.75 Å². The van der Waals surface area contributed by atoms with Gasteiger partial charge in [-0.15, -0.1) is 0 Å². The maximum atomic E-state index is 5.99. The number of hydrogen-bond acceptors (Lipinski definition) is 3. The van der Waals surface area contributed by atoms with Crippen LogP contribution in [0, 0.1) is 0 Å². The van der Waals surface area contributed by atoms with E-state index < -0.39 is 0 Å². The van der Waals surface area contributed by atoms with Crippen LogP contribution in [0.1, 0.15) is 39.4 Å². The number of rotatable bonds is 4. The third-order valence-electron chi connectivity index (χ3n) is 2.40. The summed E-state index contributed by atoms with van der Waals surface area (Å²) in [5.74, 6) is 0.841. The number of hydrogen-bond donors (Lipinski definition) is 1. The Hall–Kier alpha value is -1.06. The first-order chi connectivity index (χ1) is 7.83. The molecule has 0 amide bonds. The second kappa shape index (κ2) is 5.52. The van der Waals surface area contributed by atoms with Crippen molar-refractivity contribution in [2.24, 2.45) is 5.73 Å². The van der Waals surface area contributed by atoms with E-state index in [1.807, 2.05) is 52.0 Å². The topological polar surface area (TPSA) is 44.5 Å². The SMILES string of the molecule is COc1ccc(C(OC(C)(C)C)C(C)N)cc1. The predicted molar refractivity (Wildman–Crippen MR) is 70.2 cm³/mol. The summed E-state index contributed by atoms with van der Waals surface area (Å²) in [5, 5.41) is 0. The van der Waals surface area contributed by atoms with E-state index in [0.717, 1.165) is 11.3 Å². The van der Waals surface area contributed by atoms with E-state index in [-0.39, 0.29) is 17.7 Å². The average molecular weight is 237 g/mol. The molecule has 1 aromatic rings. The Bertz CT molecular complexity index is 338. The molecule has 0 fully saturated rings. The molecule has 0 heterocycles. The summed E-state index contributed by atoms with van der Waals surface area (Å²) < 4.78 is 11.1. The van der Waals surface area contributed by atoms with Crippen LogP contribution in [0.3, 0.4) is 0 Å². The van der Waals surface area contributed by atoms with Crippen LogP contribution in [-0.4, -0.2) is 18.8 Å². The zero-order valence-electron chi connectivity index (χ0n) is 11.4. The second-order valence-corrected chi connectivity index (χ2v) is 5.28. The Morgan fingerprint density at radius 1 is 1.12 bits per heavy atom. The van der Waals surface area contributed by atoms with Gasteiger partial charge in [0.05, 0.1) is 18.8 Å². The van der Waals surface area contributed by atoms with Crippen LogP contribution in [-0.2, 0) is 4.74 Å². The monoisotopic (exact) mass is 237 g/mol. The molecule has 0 aliphatic carbocycles. The van der Waals surface area contributed by atoms with Gasteiger partial charge in [-0.25, -0.2) is 0 Å². The van der Waals surface area contributed by atoms with Crippen molar-refractivity contribution >= 4 is 0 Å². The lowest BCUT2D eigenvalue weighted by Gasteiger charge is -2.30. The van der Waals surface area contributed by atoms with Gasteiger partial charge in [-0.3, -0.25) is 0 Å². The molecule has 1 aromatic carbocycles. The number of nitrogens with two attached hydrogens (primary N) is 1. The molecule has 17 heavy (non-hydrogen) atoms. The van der Waals surface area contributed by atoms with Gasteiger partial charge in [-0.1, -0.05) is 12.1 Å². The minimum atomic E-state index is -0.210. The van der Waals surface area contributed by atoms with Crippen molar-refractivity contribution in [1.82, 2.24) is 0 Å². The van der Waals surface area contributed by atoms with Crippen LogP contribution in [0.25, 0.3) is 0 Å². The largest absolute Gasteiger partial charge is 0.497 e. The second-order valence-electron chi connectivity index (χ2n) is 5.28. The first kappa shape index (κ1) is 14.0. The fourth-order valence-electron chi connectivity index (χ4n) is 1.65. The van der Waals surface area contributed by atoms with E-state index in [1.54, 1.807) is 7.11 Å². The van der Waals surface area contributed by atoms with Gasteiger partial charge < -0.3 is 15.2 Å². The highest BCUT2D eigenvalue weighted by Gasteiger charge is 2.23. The molecule has 2 N–H and O–H groups in total. The molecule has 0 saturated carbocycles. The summed E-state index contributed by atoms with van der Waals surface area (Å²) in [7, 11) is 1.66. The Kier molecular flexibility index (Phi) is 4.54. The van der Waals surface area contributed by atoms with E-state index in [1.165, 1.54) is 0 Å². The molecular weight excluding hydrogens is 214 g/mol. The van der Waals surface area contributed by atoms with E-state index in [9.17, 15) is 0 Å². The zero-order chi connectivity index (χ0) is 13.1. The van der Waals surface area contributed by atoms with Crippen LogP contribution in [0.5, 0.6) is 5.75 Å². The lowest BCUT2D eigenvalue weighted by atomic mass is 10.0. The van der Waals surface area contributed by atoms with Crippen molar-refractivity contribution in [3.05, 3.63) is 29.8 Å². The summed E-state index contributed by atoms with van der Waals surface area (Å²) in [6, 6.07) is 7.80. The van der Waals surface area contributed by atoms with Gasteiger partial charge in [-0.2, -0.15) is 0 Å². The molecule has 1 rings (SSSR count). The van der Waals surface area contributed by atoms with Crippen LogP contribution < -0.4 is 10.5 Å². The molecule has 0 radical (unpaired) electrons. The van der Waals surface area contributed by atoms with Gasteiger partial charge in [0, 0.05) is 6.04 Å². The van der Waals surface area contributed by atoms with Crippen molar-refractivity contribution in [1.29, 1.82) is 0 Å². The standard InChI is InChI=1S/C14H23NO2/c1-10(15)13(17-14(2,3)4)11-6-8-12(16-5)9-7-11/h6-10,13H,15H2,1-5H3. The first-order valence-corrected chi connectivity index (χ1v) is 5.91. The molecular formula is C14H23NO2.